The molecule has 0 spiro atoms. The van der Waals surface area contributed by atoms with Crippen LogP contribution in [0, 0.1) is 0 Å². The van der Waals surface area contributed by atoms with Crippen LogP contribution in [-0.2, 0) is 4.79 Å². The molecule has 2 N–H and O–H groups in total. The number of likely N-dealkylation sites (N-methyl/N-ethyl adjacent to an activating group) is 1. The number of aliphatic hydroxyl groups excluding tert-OH is 1. The Labute approximate surface area is 182 Å². The smallest absolute Gasteiger partial charge is 0.343 e. The number of fused-ring (bicyclic) bond motifs is 1. The van der Waals surface area contributed by atoms with Gasteiger partial charge in [0.2, 0.25) is 0 Å². The third-order valence-corrected chi connectivity index (χ3v) is 5.17. The Morgan fingerprint density at radius 2 is 1.65 bits per heavy atom. The summed E-state index contributed by atoms with van der Waals surface area (Å²) in [4.78, 5) is 26.3. The summed E-state index contributed by atoms with van der Waals surface area (Å²) >= 11 is 0. The molecule has 166 valence electrons. The summed E-state index contributed by atoms with van der Waals surface area (Å²) in [5.41, 5.74) is 0.635. The van der Waals surface area contributed by atoms with Crippen LogP contribution in [0.2, 0.25) is 0 Å². The van der Waals surface area contributed by atoms with Crippen molar-refractivity contribution in [3.8, 4) is 5.75 Å². The van der Waals surface area contributed by atoms with Crippen molar-refractivity contribution in [1.29, 1.82) is 0 Å². The standard InChI is InChI=1S/C19H16O4.C6H15NO/c1-12(20)11-15(13-7-3-2-4-8-13)17-18(21)14-9-5-6-10-16(14)23-19(17)22;1-3-7(4-2)5-6-8/h2-10,15,21H,11H2,1H3;8H,3-6H2,1-2H3. The molecular weight excluding hydrogens is 394 g/mol. The van der Waals surface area contributed by atoms with Crippen molar-refractivity contribution in [3.63, 3.8) is 0 Å². The molecule has 0 bridgehead atoms. The van der Waals surface area contributed by atoms with Crippen molar-refractivity contribution >= 4 is 16.8 Å². The van der Waals surface area contributed by atoms with Gasteiger partial charge in [-0.25, -0.2) is 4.79 Å². The maximum absolute atomic E-state index is 12.4. The summed E-state index contributed by atoms with van der Waals surface area (Å²) in [6, 6.07) is 16.0. The van der Waals surface area contributed by atoms with Gasteiger partial charge in [0.1, 0.15) is 17.1 Å². The molecule has 6 heteroatoms. The van der Waals surface area contributed by atoms with Crippen LogP contribution in [0.15, 0.2) is 63.8 Å². The minimum atomic E-state index is -0.615. The lowest BCUT2D eigenvalue weighted by molar-refractivity contribution is -0.117. The summed E-state index contributed by atoms with van der Waals surface area (Å²) in [5.74, 6) is -0.715. The van der Waals surface area contributed by atoms with E-state index in [1.54, 1.807) is 24.3 Å². The van der Waals surface area contributed by atoms with E-state index in [0.717, 1.165) is 25.2 Å². The van der Waals surface area contributed by atoms with Gasteiger partial charge in [-0.05, 0) is 37.7 Å². The summed E-state index contributed by atoms with van der Waals surface area (Å²) in [6.07, 6.45) is 0.126. The number of aromatic hydroxyl groups is 1. The van der Waals surface area contributed by atoms with Gasteiger partial charge >= 0.3 is 5.63 Å². The van der Waals surface area contributed by atoms with E-state index in [0.29, 0.717) is 11.0 Å². The van der Waals surface area contributed by atoms with Gasteiger partial charge in [0.05, 0.1) is 17.6 Å². The van der Waals surface area contributed by atoms with Crippen molar-refractivity contribution in [2.24, 2.45) is 0 Å². The Morgan fingerprint density at radius 3 is 2.19 bits per heavy atom. The normalized spacial score (nSPS) is 11.8. The first-order valence-electron chi connectivity index (χ1n) is 10.5. The van der Waals surface area contributed by atoms with E-state index in [2.05, 4.69) is 18.7 Å². The minimum absolute atomic E-state index is 0.0641. The highest BCUT2D eigenvalue weighted by Crippen LogP contribution is 2.35. The molecule has 1 aromatic heterocycles. The molecule has 0 saturated heterocycles. The van der Waals surface area contributed by atoms with Gasteiger partial charge in [0, 0.05) is 18.9 Å². The van der Waals surface area contributed by atoms with Crippen LogP contribution in [0.4, 0.5) is 0 Å². The largest absolute Gasteiger partial charge is 0.507 e. The van der Waals surface area contributed by atoms with E-state index >= 15 is 0 Å². The number of para-hydroxylation sites is 1. The number of Topliss-reactive ketones (excluding diaryl/α,β-unsaturated/α-hetero) is 1. The number of ketones is 1. The first kappa shape index (κ1) is 24.3. The first-order valence-corrected chi connectivity index (χ1v) is 10.5. The zero-order valence-corrected chi connectivity index (χ0v) is 18.4. The lowest BCUT2D eigenvalue weighted by Crippen LogP contribution is -2.25. The Balaban J connectivity index is 0.000000366. The number of nitrogens with zero attached hydrogens (tertiary/aromatic N) is 1. The molecule has 1 heterocycles. The number of hydrogen-bond acceptors (Lipinski definition) is 6. The third kappa shape index (κ3) is 6.51. The van der Waals surface area contributed by atoms with Crippen molar-refractivity contribution in [3.05, 3.63) is 76.1 Å². The van der Waals surface area contributed by atoms with E-state index in [4.69, 9.17) is 9.52 Å². The van der Waals surface area contributed by atoms with Crippen molar-refractivity contribution in [2.45, 2.75) is 33.1 Å². The average Bonchev–Trinajstić information content (AvgIpc) is 2.77. The average molecular weight is 426 g/mol. The topological polar surface area (TPSA) is 91.0 Å². The third-order valence-electron chi connectivity index (χ3n) is 5.17. The van der Waals surface area contributed by atoms with Gasteiger partial charge in [0.25, 0.3) is 0 Å². The molecule has 0 aliphatic rings. The fraction of sp³-hybridized carbons (Fsp3) is 0.360. The highest BCUT2D eigenvalue weighted by Gasteiger charge is 2.25. The van der Waals surface area contributed by atoms with Gasteiger partial charge in [-0.3, -0.25) is 4.79 Å². The molecule has 0 saturated carbocycles. The minimum Gasteiger partial charge on any atom is -0.507 e. The van der Waals surface area contributed by atoms with Gasteiger partial charge in [-0.2, -0.15) is 0 Å². The van der Waals surface area contributed by atoms with Gasteiger partial charge in [-0.15, -0.1) is 0 Å². The lowest BCUT2D eigenvalue weighted by Gasteiger charge is -2.17. The number of carbonyl (C=O) groups is 1. The quantitative estimate of drug-likeness (QED) is 0.532. The highest BCUT2D eigenvalue weighted by atomic mass is 16.4. The maximum atomic E-state index is 12.4. The molecule has 0 fully saturated rings. The van der Waals surface area contributed by atoms with Crippen LogP contribution < -0.4 is 5.63 Å². The van der Waals surface area contributed by atoms with E-state index in [-0.39, 0.29) is 30.1 Å². The Hall–Kier alpha value is -2.96. The molecule has 3 rings (SSSR count). The fourth-order valence-corrected chi connectivity index (χ4v) is 3.50. The molecule has 2 aromatic carbocycles. The number of hydrogen-bond donors (Lipinski definition) is 2. The monoisotopic (exact) mass is 425 g/mol. The van der Waals surface area contributed by atoms with Crippen LogP contribution in [0.25, 0.3) is 11.0 Å². The second-order valence-electron chi connectivity index (χ2n) is 7.27. The Bertz CT molecular complexity index is 1030. The van der Waals surface area contributed by atoms with Crippen molar-refractivity contribution < 1.29 is 19.4 Å². The van der Waals surface area contributed by atoms with Crippen molar-refractivity contribution in [1.82, 2.24) is 4.90 Å². The van der Waals surface area contributed by atoms with Gasteiger partial charge in [-0.1, -0.05) is 56.3 Å². The molecule has 0 aliphatic heterocycles. The fourth-order valence-electron chi connectivity index (χ4n) is 3.50. The zero-order chi connectivity index (χ0) is 22.8. The van der Waals surface area contributed by atoms with Crippen LogP contribution >= 0.6 is 0 Å². The predicted octanol–water partition coefficient (Wildman–Crippen LogP) is 3.93. The number of rotatable bonds is 8. The van der Waals surface area contributed by atoms with Gasteiger partial charge in [0.15, 0.2) is 0 Å². The van der Waals surface area contributed by atoms with Crippen molar-refractivity contribution in [2.75, 3.05) is 26.2 Å². The van der Waals surface area contributed by atoms with E-state index in [1.165, 1.54) is 6.92 Å². The zero-order valence-electron chi connectivity index (χ0n) is 18.4. The summed E-state index contributed by atoms with van der Waals surface area (Å²) in [7, 11) is 0. The Morgan fingerprint density at radius 1 is 1.03 bits per heavy atom. The van der Waals surface area contributed by atoms with E-state index < -0.39 is 11.5 Å². The van der Waals surface area contributed by atoms with Gasteiger partial charge < -0.3 is 19.5 Å². The molecule has 0 amide bonds. The molecule has 6 nitrogen and oxygen atoms in total. The summed E-state index contributed by atoms with van der Waals surface area (Å²) in [6.45, 7) is 8.83. The molecular formula is C25H31NO5. The van der Waals surface area contributed by atoms with Crippen LogP contribution in [0.5, 0.6) is 5.75 Å². The molecule has 1 unspecified atom stereocenters. The number of carbonyl (C=O) groups excluding carboxylic acids is 1. The van der Waals surface area contributed by atoms with Crippen LogP contribution in [0.1, 0.15) is 44.2 Å². The molecule has 0 radical (unpaired) electrons. The highest BCUT2D eigenvalue weighted by molar-refractivity contribution is 5.85. The number of benzene rings is 2. The Kier molecular flexibility index (Phi) is 9.43. The predicted molar refractivity (Wildman–Crippen MR) is 123 cm³/mol. The first-order chi connectivity index (χ1) is 14.9. The lowest BCUT2D eigenvalue weighted by atomic mass is 9.87. The SMILES string of the molecule is CC(=O)CC(c1ccccc1)c1c(O)c2ccccc2oc1=O.CCN(CC)CCO. The molecule has 31 heavy (non-hydrogen) atoms. The number of aliphatic hydroxyl groups is 1. The molecule has 0 aliphatic carbocycles. The molecule has 3 aromatic rings. The van der Waals surface area contributed by atoms with E-state index in [9.17, 15) is 14.7 Å². The van der Waals surface area contributed by atoms with Crippen LogP contribution in [0.3, 0.4) is 0 Å². The maximum Gasteiger partial charge on any atom is 0.343 e. The molecule has 1 atom stereocenters. The van der Waals surface area contributed by atoms with Crippen LogP contribution in [-0.4, -0.2) is 47.1 Å². The second-order valence-corrected chi connectivity index (χ2v) is 7.27. The summed E-state index contributed by atoms with van der Waals surface area (Å²) in [5, 5.41) is 19.5. The summed E-state index contributed by atoms with van der Waals surface area (Å²) < 4.78 is 5.33. The second kappa shape index (κ2) is 12.0. The van der Waals surface area contributed by atoms with E-state index in [1.807, 2.05) is 30.3 Å².